The van der Waals surface area contributed by atoms with E-state index in [-0.39, 0.29) is 13.2 Å². The molecule has 1 aromatic rings. The Morgan fingerprint density at radius 3 is 2.33 bits per heavy atom. The van der Waals surface area contributed by atoms with Gasteiger partial charge in [-0.25, -0.2) is 8.42 Å². The molecule has 0 aliphatic heterocycles. The largest absolute Gasteiger partial charge is 0.396 e. The molecule has 0 spiro atoms. The van der Waals surface area contributed by atoms with E-state index in [2.05, 4.69) is 0 Å². The number of halogens is 1. The smallest absolute Gasteiger partial charge is 0.151 e. The number of rotatable bonds is 4. The van der Waals surface area contributed by atoms with Gasteiger partial charge in [0.05, 0.1) is 18.5 Å². The Labute approximate surface area is 111 Å². The predicted molar refractivity (Wildman–Crippen MR) is 69.4 cm³/mol. The number of sulfone groups is 1. The van der Waals surface area contributed by atoms with Gasteiger partial charge >= 0.3 is 0 Å². The standard InChI is InChI=1S/C12H15ClO4S/c1-18(16,17)11-10(12(11,6-14)7-15)8-3-2-4-9(13)5-8/h2-5,10-11,14-15H,6-7H2,1H3/t10-,11-/m1/s1. The summed E-state index contributed by atoms with van der Waals surface area (Å²) in [7, 11) is -3.33. The van der Waals surface area contributed by atoms with Crippen molar-refractivity contribution < 1.29 is 18.6 Å². The van der Waals surface area contributed by atoms with Gasteiger partial charge in [-0.15, -0.1) is 0 Å². The molecule has 1 aliphatic carbocycles. The van der Waals surface area contributed by atoms with Crippen LogP contribution in [-0.4, -0.2) is 43.4 Å². The fourth-order valence-corrected chi connectivity index (χ4v) is 4.95. The Morgan fingerprint density at radius 1 is 1.33 bits per heavy atom. The van der Waals surface area contributed by atoms with Crippen molar-refractivity contribution in [2.45, 2.75) is 11.2 Å². The average molecular weight is 291 g/mol. The minimum atomic E-state index is -3.33. The molecule has 0 bridgehead atoms. The summed E-state index contributed by atoms with van der Waals surface area (Å²) in [6.07, 6.45) is 1.13. The second kappa shape index (κ2) is 4.49. The zero-order valence-electron chi connectivity index (χ0n) is 9.88. The first kappa shape index (κ1) is 13.8. The number of aliphatic hydroxyl groups is 2. The molecule has 18 heavy (non-hydrogen) atoms. The van der Waals surface area contributed by atoms with Gasteiger partial charge in [-0.2, -0.15) is 0 Å². The van der Waals surface area contributed by atoms with Crippen LogP contribution in [0.25, 0.3) is 0 Å². The van der Waals surface area contributed by atoms with Gasteiger partial charge in [-0.1, -0.05) is 23.7 Å². The molecule has 100 valence electrons. The van der Waals surface area contributed by atoms with Crippen LogP contribution >= 0.6 is 11.6 Å². The third kappa shape index (κ3) is 2.05. The second-order valence-electron chi connectivity index (χ2n) is 4.83. The van der Waals surface area contributed by atoms with Crippen molar-refractivity contribution in [2.24, 2.45) is 5.41 Å². The fourth-order valence-electron chi connectivity index (χ4n) is 2.76. The van der Waals surface area contributed by atoms with Crippen molar-refractivity contribution in [3.63, 3.8) is 0 Å². The van der Waals surface area contributed by atoms with Crippen LogP contribution < -0.4 is 0 Å². The normalized spacial score (nSPS) is 26.0. The van der Waals surface area contributed by atoms with Gasteiger partial charge in [0.25, 0.3) is 0 Å². The number of benzene rings is 1. The lowest BCUT2D eigenvalue weighted by molar-refractivity contribution is 0.130. The molecule has 2 atom stereocenters. The third-order valence-corrected chi connectivity index (χ3v) is 5.54. The summed E-state index contributed by atoms with van der Waals surface area (Å²) in [6.45, 7) is -0.725. The van der Waals surface area contributed by atoms with Crippen LogP contribution in [0.1, 0.15) is 11.5 Å². The zero-order chi connectivity index (χ0) is 13.6. The highest BCUT2D eigenvalue weighted by Crippen LogP contribution is 2.62. The van der Waals surface area contributed by atoms with E-state index >= 15 is 0 Å². The third-order valence-electron chi connectivity index (χ3n) is 3.64. The molecule has 2 N–H and O–H groups in total. The lowest BCUT2D eigenvalue weighted by Gasteiger charge is -2.10. The highest BCUT2D eigenvalue weighted by molar-refractivity contribution is 7.91. The first-order chi connectivity index (χ1) is 8.36. The highest BCUT2D eigenvalue weighted by atomic mass is 35.5. The zero-order valence-corrected chi connectivity index (χ0v) is 11.4. The van der Waals surface area contributed by atoms with E-state index in [4.69, 9.17) is 11.6 Å². The minimum absolute atomic E-state index is 0.363. The summed E-state index contributed by atoms with van der Waals surface area (Å²) in [5, 5.41) is 18.6. The molecule has 0 amide bonds. The van der Waals surface area contributed by atoms with Gasteiger partial charge in [-0.05, 0) is 17.7 Å². The number of aliphatic hydroxyl groups excluding tert-OH is 2. The van der Waals surface area contributed by atoms with Gasteiger partial charge in [0.15, 0.2) is 9.84 Å². The topological polar surface area (TPSA) is 74.6 Å². The maximum absolute atomic E-state index is 11.7. The van der Waals surface area contributed by atoms with E-state index in [0.29, 0.717) is 5.02 Å². The first-order valence-corrected chi connectivity index (χ1v) is 7.86. The number of hydrogen-bond acceptors (Lipinski definition) is 4. The van der Waals surface area contributed by atoms with Gasteiger partial charge in [0.1, 0.15) is 0 Å². The van der Waals surface area contributed by atoms with E-state index in [0.717, 1.165) is 11.8 Å². The van der Waals surface area contributed by atoms with Crippen molar-refractivity contribution in [3.05, 3.63) is 34.9 Å². The van der Waals surface area contributed by atoms with Crippen LogP contribution in [0.2, 0.25) is 5.02 Å². The van der Waals surface area contributed by atoms with E-state index < -0.39 is 26.4 Å². The van der Waals surface area contributed by atoms with Gasteiger partial charge in [0, 0.05) is 22.6 Å². The SMILES string of the molecule is CS(=O)(=O)[C@@H]1[C@@H](c2cccc(Cl)c2)C1(CO)CO. The van der Waals surface area contributed by atoms with E-state index in [1.807, 2.05) is 0 Å². The second-order valence-corrected chi connectivity index (χ2v) is 7.44. The Morgan fingerprint density at radius 2 is 1.94 bits per heavy atom. The molecule has 0 aromatic heterocycles. The summed E-state index contributed by atoms with van der Waals surface area (Å²) < 4.78 is 23.5. The van der Waals surface area contributed by atoms with Gasteiger partial charge in [-0.3, -0.25) is 0 Å². The molecule has 6 heteroatoms. The summed E-state index contributed by atoms with van der Waals surface area (Å²) in [5.74, 6) is -0.402. The lowest BCUT2D eigenvalue weighted by Crippen LogP contribution is -2.22. The predicted octanol–water partition coefficient (Wildman–Crippen LogP) is 0.821. The quantitative estimate of drug-likeness (QED) is 0.861. The maximum atomic E-state index is 11.7. The molecule has 0 unspecified atom stereocenters. The first-order valence-electron chi connectivity index (χ1n) is 5.53. The molecule has 2 rings (SSSR count). The molecule has 4 nitrogen and oxygen atoms in total. The van der Waals surface area contributed by atoms with Crippen molar-refractivity contribution in [1.82, 2.24) is 0 Å². The van der Waals surface area contributed by atoms with Crippen LogP contribution in [0, 0.1) is 5.41 Å². The van der Waals surface area contributed by atoms with Crippen LogP contribution in [0.3, 0.4) is 0 Å². The van der Waals surface area contributed by atoms with Crippen molar-refractivity contribution in [3.8, 4) is 0 Å². The summed E-state index contributed by atoms with van der Waals surface area (Å²) in [5.41, 5.74) is -0.251. The minimum Gasteiger partial charge on any atom is -0.396 e. The Bertz CT molecular complexity index is 551. The van der Waals surface area contributed by atoms with Crippen molar-refractivity contribution in [1.29, 1.82) is 0 Å². The summed E-state index contributed by atoms with van der Waals surface area (Å²) in [4.78, 5) is 0. The fraction of sp³-hybridized carbons (Fsp3) is 0.500. The molecular weight excluding hydrogens is 276 g/mol. The molecule has 1 aliphatic rings. The molecule has 1 saturated carbocycles. The van der Waals surface area contributed by atoms with Crippen molar-refractivity contribution >= 4 is 21.4 Å². The molecule has 1 fully saturated rings. The van der Waals surface area contributed by atoms with E-state index in [1.165, 1.54) is 0 Å². The van der Waals surface area contributed by atoms with Crippen molar-refractivity contribution in [2.75, 3.05) is 19.5 Å². The van der Waals surface area contributed by atoms with Crippen LogP contribution in [0.5, 0.6) is 0 Å². The Hall–Kier alpha value is -0.620. The summed E-state index contributed by atoms with van der Waals surface area (Å²) >= 11 is 5.88. The molecular formula is C12H15ClO4S. The maximum Gasteiger partial charge on any atom is 0.151 e. The highest BCUT2D eigenvalue weighted by Gasteiger charge is 2.69. The van der Waals surface area contributed by atoms with Gasteiger partial charge < -0.3 is 10.2 Å². The number of hydrogen-bond donors (Lipinski definition) is 2. The molecule has 0 heterocycles. The molecule has 1 aromatic carbocycles. The monoisotopic (exact) mass is 290 g/mol. The Kier molecular flexibility index (Phi) is 3.44. The molecule has 0 saturated heterocycles. The average Bonchev–Trinajstić information content (AvgIpc) is 2.98. The van der Waals surface area contributed by atoms with E-state index in [9.17, 15) is 18.6 Å². The van der Waals surface area contributed by atoms with Crippen LogP contribution in [-0.2, 0) is 9.84 Å². The summed E-state index contributed by atoms with van der Waals surface area (Å²) in [6, 6.07) is 6.87. The van der Waals surface area contributed by atoms with Crippen LogP contribution in [0.15, 0.2) is 24.3 Å². The molecule has 0 radical (unpaired) electrons. The van der Waals surface area contributed by atoms with Gasteiger partial charge in [0.2, 0.25) is 0 Å². The Balaban J connectivity index is 2.45. The van der Waals surface area contributed by atoms with Crippen LogP contribution in [0.4, 0.5) is 0 Å². The lowest BCUT2D eigenvalue weighted by atomic mass is 10.0. The van der Waals surface area contributed by atoms with E-state index in [1.54, 1.807) is 24.3 Å².